The molecule has 1 amide bonds. The summed E-state index contributed by atoms with van der Waals surface area (Å²) in [5.74, 6) is 0.932. The van der Waals surface area contributed by atoms with E-state index in [9.17, 15) is 4.79 Å². The number of halogens is 1. The molecule has 1 aliphatic rings. The molecule has 1 saturated heterocycles. The van der Waals surface area contributed by atoms with Crippen LogP contribution in [0.15, 0.2) is 24.3 Å². The monoisotopic (exact) mass is 327 g/mol. The van der Waals surface area contributed by atoms with Gasteiger partial charge in [-0.3, -0.25) is 9.69 Å². The standard InChI is InChI=1S/C16H25N3O2.ClH/c1-2-21-15-6-3-5-14(11-15)12-18-16(20)13-19-9-4-7-17-8-10-19;/h3,5-6,11,17H,2,4,7-10,12-13H2,1H3,(H,18,20);1H. The quantitative estimate of drug-likeness (QED) is 0.829. The fraction of sp³-hybridized carbons (Fsp3) is 0.562. The van der Waals surface area contributed by atoms with Crippen LogP contribution in [-0.4, -0.2) is 50.1 Å². The second-order valence-electron chi connectivity index (χ2n) is 5.24. The van der Waals surface area contributed by atoms with Crippen LogP contribution in [0.5, 0.6) is 5.75 Å². The van der Waals surface area contributed by atoms with E-state index >= 15 is 0 Å². The number of nitrogens with one attached hydrogen (secondary N) is 2. The molecule has 1 aromatic carbocycles. The van der Waals surface area contributed by atoms with Crippen molar-refractivity contribution in [3.8, 4) is 5.75 Å². The molecule has 0 radical (unpaired) electrons. The Bertz CT molecular complexity index is 449. The summed E-state index contributed by atoms with van der Waals surface area (Å²) >= 11 is 0. The summed E-state index contributed by atoms with van der Waals surface area (Å²) in [5, 5.41) is 6.32. The third kappa shape index (κ3) is 6.64. The van der Waals surface area contributed by atoms with Crippen molar-refractivity contribution in [3.63, 3.8) is 0 Å². The number of carbonyl (C=O) groups excluding carboxylic acids is 1. The normalized spacial score (nSPS) is 15.5. The number of amides is 1. The Morgan fingerprint density at radius 3 is 3.05 bits per heavy atom. The highest BCUT2D eigenvalue weighted by Gasteiger charge is 2.12. The van der Waals surface area contributed by atoms with Crippen molar-refractivity contribution >= 4 is 18.3 Å². The van der Waals surface area contributed by atoms with Crippen LogP contribution in [-0.2, 0) is 11.3 Å². The van der Waals surface area contributed by atoms with Crippen LogP contribution in [0.1, 0.15) is 18.9 Å². The Balaban J connectivity index is 0.00000242. The SMILES string of the molecule is CCOc1cccc(CNC(=O)CN2CCCNCC2)c1.Cl. The molecule has 124 valence electrons. The highest BCUT2D eigenvalue weighted by molar-refractivity contribution is 5.85. The van der Waals surface area contributed by atoms with Crippen LogP contribution in [0.4, 0.5) is 0 Å². The molecule has 5 nitrogen and oxygen atoms in total. The number of rotatable bonds is 6. The molecule has 0 spiro atoms. The van der Waals surface area contributed by atoms with E-state index < -0.39 is 0 Å². The van der Waals surface area contributed by atoms with E-state index in [1.165, 1.54) is 0 Å². The third-order valence-corrected chi connectivity index (χ3v) is 3.50. The minimum atomic E-state index is 0. The van der Waals surface area contributed by atoms with E-state index in [-0.39, 0.29) is 18.3 Å². The van der Waals surface area contributed by atoms with Crippen LogP contribution in [0, 0.1) is 0 Å². The molecular formula is C16H26ClN3O2. The molecule has 1 aromatic rings. The molecule has 0 aromatic heterocycles. The van der Waals surface area contributed by atoms with Crippen LogP contribution >= 0.6 is 12.4 Å². The van der Waals surface area contributed by atoms with Crippen LogP contribution in [0.2, 0.25) is 0 Å². The second kappa shape index (κ2) is 10.4. The molecule has 1 aliphatic heterocycles. The van der Waals surface area contributed by atoms with Crippen LogP contribution in [0.25, 0.3) is 0 Å². The third-order valence-electron chi connectivity index (χ3n) is 3.50. The molecule has 1 fully saturated rings. The van der Waals surface area contributed by atoms with Crippen molar-refractivity contribution in [2.75, 3.05) is 39.3 Å². The minimum absolute atomic E-state index is 0. The zero-order valence-corrected chi connectivity index (χ0v) is 14.0. The van der Waals surface area contributed by atoms with Crippen molar-refractivity contribution in [1.29, 1.82) is 0 Å². The molecule has 6 heteroatoms. The van der Waals surface area contributed by atoms with E-state index in [2.05, 4.69) is 15.5 Å². The van der Waals surface area contributed by atoms with Gasteiger partial charge in [-0.05, 0) is 44.1 Å². The summed E-state index contributed by atoms with van der Waals surface area (Å²) in [6.07, 6.45) is 1.10. The van der Waals surface area contributed by atoms with Gasteiger partial charge in [0.1, 0.15) is 5.75 Å². The molecule has 0 bridgehead atoms. The summed E-state index contributed by atoms with van der Waals surface area (Å²) in [6.45, 7) is 7.57. The molecule has 0 aliphatic carbocycles. The molecule has 0 saturated carbocycles. The van der Waals surface area contributed by atoms with E-state index in [0.29, 0.717) is 19.7 Å². The van der Waals surface area contributed by atoms with Crippen LogP contribution in [0.3, 0.4) is 0 Å². The lowest BCUT2D eigenvalue weighted by Gasteiger charge is -2.18. The van der Waals surface area contributed by atoms with Crippen molar-refractivity contribution < 1.29 is 9.53 Å². The van der Waals surface area contributed by atoms with Gasteiger partial charge in [0.15, 0.2) is 0 Å². The van der Waals surface area contributed by atoms with Gasteiger partial charge in [-0.15, -0.1) is 12.4 Å². The summed E-state index contributed by atoms with van der Waals surface area (Å²) in [5.41, 5.74) is 1.06. The highest BCUT2D eigenvalue weighted by atomic mass is 35.5. The highest BCUT2D eigenvalue weighted by Crippen LogP contribution is 2.12. The topological polar surface area (TPSA) is 53.6 Å². The van der Waals surface area contributed by atoms with Gasteiger partial charge in [-0.25, -0.2) is 0 Å². The fourth-order valence-corrected chi connectivity index (χ4v) is 2.43. The predicted octanol–water partition coefficient (Wildman–Crippen LogP) is 1.42. The Labute approximate surface area is 138 Å². The minimum Gasteiger partial charge on any atom is -0.494 e. The van der Waals surface area contributed by atoms with Crippen molar-refractivity contribution in [2.24, 2.45) is 0 Å². The smallest absolute Gasteiger partial charge is 0.234 e. The number of nitrogens with zero attached hydrogens (tertiary/aromatic N) is 1. The van der Waals surface area contributed by atoms with Gasteiger partial charge in [0.25, 0.3) is 0 Å². The Hall–Kier alpha value is -1.30. The Morgan fingerprint density at radius 2 is 2.23 bits per heavy atom. The van der Waals surface area contributed by atoms with Crippen LogP contribution < -0.4 is 15.4 Å². The summed E-state index contributed by atoms with van der Waals surface area (Å²) in [4.78, 5) is 14.2. The maximum absolute atomic E-state index is 12.0. The number of hydrogen-bond acceptors (Lipinski definition) is 4. The maximum atomic E-state index is 12.0. The molecule has 0 atom stereocenters. The largest absolute Gasteiger partial charge is 0.494 e. The molecule has 0 unspecified atom stereocenters. The lowest BCUT2D eigenvalue weighted by molar-refractivity contribution is -0.122. The first-order valence-corrected chi connectivity index (χ1v) is 7.69. The second-order valence-corrected chi connectivity index (χ2v) is 5.24. The zero-order chi connectivity index (χ0) is 14.9. The van der Waals surface area contributed by atoms with Gasteiger partial charge in [-0.2, -0.15) is 0 Å². The predicted molar refractivity (Wildman–Crippen MR) is 90.6 cm³/mol. The zero-order valence-electron chi connectivity index (χ0n) is 13.1. The lowest BCUT2D eigenvalue weighted by Crippen LogP contribution is -2.38. The first-order valence-electron chi connectivity index (χ1n) is 7.69. The summed E-state index contributed by atoms with van der Waals surface area (Å²) < 4.78 is 5.46. The number of carbonyl (C=O) groups is 1. The average molecular weight is 328 g/mol. The van der Waals surface area contributed by atoms with Gasteiger partial charge in [0.2, 0.25) is 5.91 Å². The van der Waals surface area contributed by atoms with Crippen molar-refractivity contribution in [2.45, 2.75) is 19.9 Å². The van der Waals surface area contributed by atoms with E-state index in [0.717, 1.165) is 43.9 Å². The van der Waals surface area contributed by atoms with Gasteiger partial charge in [-0.1, -0.05) is 12.1 Å². The van der Waals surface area contributed by atoms with Gasteiger partial charge >= 0.3 is 0 Å². The number of hydrogen-bond donors (Lipinski definition) is 2. The van der Waals surface area contributed by atoms with Crippen molar-refractivity contribution in [3.05, 3.63) is 29.8 Å². The van der Waals surface area contributed by atoms with E-state index in [1.54, 1.807) is 0 Å². The Kier molecular flexibility index (Phi) is 8.89. The molecule has 22 heavy (non-hydrogen) atoms. The molecular weight excluding hydrogens is 302 g/mol. The van der Waals surface area contributed by atoms with E-state index in [1.807, 2.05) is 31.2 Å². The lowest BCUT2D eigenvalue weighted by atomic mass is 10.2. The summed E-state index contributed by atoms with van der Waals surface area (Å²) in [6, 6.07) is 7.85. The number of benzene rings is 1. The fourth-order valence-electron chi connectivity index (χ4n) is 2.43. The maximum Gasteiger partial charge on any atom is 0.234 e. The average Bonchev–Trinajstić information content (AvgIpc) is 2.75. The van der Waals surface area contributed by atoms with Gasteiger partial charge in [0.05, 0.1) is 13.2 Å². The first-order chi connectivity index (χ1) is 10.3. The van der Waals surface area contributed by atoms with E-state index in [4.69, 9.17) is 4.74 Å². The Morgan fingerprint density at radius 1 is 1.36 bits per heavy atom. The molecule has 1 heterocycles. The molecule has 2 N–H and O–H groups in total. The number of ether oxygens (including phenoxy) is 1. The van der Waals surface area contributed by atoms with Gasteiger partial charge in [0, 0.05) is 19.6 Å². The molecule has 2 rings (SSSR count). The van der Waals surface area contributed by atoms with Gasteiger partial charge < -0.3 is 15.4 Å². The first kappa shape index (κ1) is 18.7. The van der Waals surface area contributed by atoms with Crippen molar-refractivity contribution in [1.82, 2.24) is 15.5 Å². The summed E-state index contributed by atoms with van der Waals surface area (Å²) in [7, 11) is 0.